The summed E-state index contributed by atoms with van der Waals surface area (Å²) < 4.78 is 10.9. The lowest BCUT2D eigenvalue weighted by atomic mass is 10.2. The van der Waals surface area contributed by atoms with Gasteiger partial charge in [-0.2, -0.15) is 0 Å². The molecule has 2 rings (SSSR count). The number of carbonyl (C=O) groups excluding carboxylic acids is 1. The molecule has 2 aromatic carbocycles. The summed E-state index contributed by atoms with van der Waals surface area (Å²) in [6.45, 7) is 3.11. The van der Waals surface area contributed by atoms with Crippen molar-refractivity contribution in [2.75, 3.05) is 30.9 Å². The highest BCUT2D eigenvalue weighted by atomic mass is 16.5. The van der Waals surface area contributed by atoms with Crippen molar-refractivity contribution in [1.82, 2.24) is 0 Å². The molecule has 0 aromatic heterocycles. The number of nitrogens with one attached hydrogen (secondary N) is 2. The van der Waals surface area contributed by atoms with Gasteiger partial charge in [-0.15, -0.1) is 0 Å². The Labute approximate surface area is 155 Å². The van der Waals surface area contributed by atoms with Crippen LogP contribution in [-0.4, -0.2) is 26.2 Å². The number of amides is 1. The SMILES string of the molecule is CCCCCCOc1ccc(NC(=O)CNc2cccc(OC)c2)cc1. The van der Waals surface area contributed by atoms with Gasteiger partial charge >= 0.3 is 0 Å². The van der Waals surface area contributed by atoms with Crippen LogP contribution in [0.2, 0.25) is 0 Å². The molecule has 0 saturated heterocycles. The summed E-state index contributed by atoms with van der Waals surface area (Å²) in [5, 5.41) is 5.94. The summed E-state index contributed by atoms with van der Waals surface area (Å²) in [7, 11) is 1.62. The minimum absolute atomic E-state index is 0.110. The number of rotatable bonds is 11. The summed E-state index contributed by atoms with van der Waals surface area (Å²) in [6.07, 6.45) is 4.74. The lowest BCUT2D eigenvalue weighted by Crippen LogP contribution is -2.21. The lowest BCUT2D eigenvalue weighted by Gasteiger charge is -2.10. The molecule has 0 spiro atoms. The van der Waals surface area contributed by atoms with Crippen molar-refractivity contribution in [3.05, 3.63) is 48.5 Å². The minimum Gasteiger partial charge on any atom is -0.497 e. The van der Waals surface area contributed by atoms with Crippen LogP contribution in [0.1, 0.15) is 32.6 Å². The molecular formula is C21H28N2O3. The highest BCUT2D eigenvalue weighted by molar-refractivity contribution is 5.93. The first-order chi connectivity index (χ1) is 12.7. The van der Waals surface area contributed by atoms with Crippen LogP contribution in [0.25, 0.3) is 0 Å². The summed E-state index contributed by atoms with van der Waals surface area (Å²) in [4.78, 5) is 12.1. The highest BCUT2D eigenvalue weighted by Gasteiger charge is 2.03. The standard InChI is InChI=1S/C21H28N2O3/c1-3-4-5-6-14-26-19-12-10-17(11-13-19)23-21(24)16-22-18-8-7-9-20(15-18)25-2/h7-13,15,22H,3-6,14,16H2,1-2H3,(H,23,24). The van der Waals surface area contributed by atoms with Gasteiger partial charge in [0, 0.05) is 17.4 Å². The third kappa shape index (κ3) is 7.05. The molecule has 0 aliphatic heterocycles. The van der Waals surface area contributed by atoms with Gasteiger partial charge in [0.15, 0.2) is 0 Å². The maximum absolute atomic E-state index is 12.1. The van der Waals surface area contributed by atoms with Gasteiger partial charge in [0.05, 0.1) is 20.3 Å². The fraction of sp³-hybridized carbons (Fsp3) is 0.381. The monoisotopic (exact) mass is 356 g/mol. The molecule has 5 heteroatoms. The van der Waals surface area contributed by atoms with Crippen LogP contribution < -0.4 is 20.1 Å². The van der Waals surface area contributed by atoms with Gasteiger partial charge in [-0.3, -0.25) is 4.79 Å². The van der Waals surface area contributed by atoms with E-state index in [0.29, 0.717) is 0 Å². The van der Waals surface area contributed by atoms with E-state index in [-0.39, 0.29) is 12.5 Å². The maximum Gasteiger partial charge on any atom is 0.243 e. The predicted molar refractivity (Wildman–Crippen MR) is 106 cm³/mol. The zero-order chi connectivity index (χ0) is 18.6. The number of hydrogen-bond donors (Lipinski definition) is 2. The highest BCUT2D eigenvalue weighted by Crippen LogP contribution is 2.18. The van der Waals surface area contributed by atoms with Crippen LogP contribution in [0.3, 0.4) is 0 Å². The van der Waals surface area contributed by atoms with Crippen LogP contribution in [-0.2, 0) is 4.79 Å². The van der Waals surface area contributed by atoms with Gasteiger partial charge in [0.2, 0.25) is 5.91 Å². The quantitative estimate of drug-likeness (QED) is 0.573. The normalized spacial score (nSPS) is 10.2. The molecule has 0 aliphatic rings. The molecule has 2 N–H and O–H groups in total. The first-order valence-corrected chi connectivity index (χ1v) is 9.12. The van der Waals surface area contributed by atoms with Crippen LogP contribution in [0.5, 0.6) is 11.5 Å². The Bertz CT molecular complexity index is 671. The van der Waals surface area contributed by atoms with Gasteiger partial charge < -0.3 is 20.1 Å². The zero-order valence-electron chi connectivity index (χ0n) is 15.6. The van der Waals surface area contributed by atoms with Crippen LogP contribution in [0.4, 0.5) is 11.4 Å². The molecular weight excluding hydrogens is 328 g/mol. The molecule has 0 fully saturated rings. The first kappa shape index (κ1) is 19.6. The number of unbranched alkanes of at least 4 members (excludes halogenated alkanes) is 3. The predicted octanol–water partition coefficient (Wildman–Crippen LogP) is 4.70. The molecule has 26 heavy (non-hydrogen) atoms. The van der Waals surface area contributed by atoms with Gasteiger partial charge in [-0.1, -0.05) is 32.3 Å². The van der Waals surface area contributed by atoms with Gasteiger partial charge in [-0.05, 0) is 42.8 Å². The number of benzene rings is 2. The van der Waals surface area contributed by atoms with E-state index in [1.54, 1.807) is 7.11 Å². The van der Waals surface area contributed by atoms with E-state index < -0.39 is 0 Å². The number of anilines is 2. The van der Waals surface area contributed by atoms with E-state index in [1.807, 2.05) is 48.5 Å². The third-order valence-corrected chi connectivity index (χ3v) is 3.93. The second-order valence-electron chi connectivity index (χ2n) is 6.07. The van der Waals surface area contributed by atoms with Crippen molar-refractivity contribution in [1.29, 1.82) is 0 Å². The van der Waals surface area contributed by atoms with Crippen molar-refractivity contribution >= 4 is 17.3 Å². The average molecular weight is 356 g/mol. The van der Waals surface area contributed by atoms with Crippen molar-refractivity contribution < 1.29 is 14.3 Å². The van der Waals surface area contributed by atoms with E-state index in [2.05, 4.69) is 17.6 Å². The molecule has 5 nitrogen and oxygen atoms in total. The van der Waals surface area contributed by atoms with E-state index in [4.69, 9.17) is 9.47 Å². The summed E-state index contributed by atoms with van der Waals surface area (Å²) in [6, 6.07) is 14.9. The molecule has 2 aromatic rings. The molecule has 0 radical (unpaired) electrons. The van der Waals surface area contributed by atoms with Crippen molar-refractivity contribution in [2.45, 2.75) is 32.6 Å². The Hall–Kier alpha value is -2.69. The fourth-order valence-corrected chi connectivity index (χ4v) is 2.47. The van der Waals surface area contributed by atoms with Crippen LogP contribution in [0.15, 0.2) is 48.5 Å². The van der Waals surface area contributed by atoms with Crippen molar-refractivity contribution in [3.8, 4) is 11.5 Å². The number of carbonyl (C=O) groups is 1. The Kier molecular flexibility index (Phi) is 8.33. The van der Waals surface area contributed by atoms with Crippen LogP contribution in [0, 0.1) is 0 Å². The molecule has 0 unspecified atom stereocenters. The molecule has 0 saturated carbocycles. The Balaban J connectivity index is 1.72. The van der Waals surface area contributed by atoms with E-state index in [1.165, 1.54) is 19.3 Å². The lowest BCUT2D eigenvalue weighted by molar-refractivity contribution is -0.114. The van der Waals surface area contributed by atoms with Gasteiger partial charge in [-0.25, -0.2) is 0 Å². The number of hydrogen-bond acceptors (Lipinski definition) is 4. The van der Waals surface area contributed by atoms with E-state index >= 15 is 0 Å². The third-order valence-electron chi connectivity index (χ3n) is 3.93. The Morgan fingerprint density at radius 2 is 1.77 bits per heavy atom. The molecule has 1 amide bonds. The number of ether oxygens (including phenoxy) is 2. The molecule has 0 atom stereocenters. The zero-order valence-corrected chi connectivity index (χ0v) is 15.6. The molecule has 0 heterocycles. The second kappa shape index (κ2) is 11.0. The molecule has 0 aliphatic carbocycles. The summed E-state index contributed by atoms with van der Waals surface area (Å²) >= 11 is 0. The fourth-order valence-electron chi connectivity index (χ4n) is 2.47. The smallest absolute Gasteiger partial charge is 0.243 e. The first-order valence-electron chi connectivity index (χ1n) is 9.12. The van der Waals surface area contributed by atoms with Crippen molar-refractivity contribution in [2.24, 2.45) is 0 Å². The van der Waals surface area contributed by atoms with Gasteiger partial charge in [0.1, 0.15) is 11.5 Å². The maximum atomic E-state index is 12.1. The molecule has 0 bridgehead atoms. The van der Waals surface area contributed by atoms with E-state index in [0.717, 1.165) is 35.9 Å². The summed E-state index contributed by atoms with van der Waals surface area (Å²) in [5.74, 6) is 1.47. The minimum atomic E-state index is -0.110. The van der Waals surface area contributed by atoms with Crippen molar-refractivity contribution in [3.63, 3.8) is 0 Å². The molecule has 140 valence electrons. The Morgan fingerprint density at radius 3 is 2.50 bits per heavy atom. The van der Waals surface area contributed by atoms with E-state index in [9.17, 15) is 4.79 Å². The second-order valence-corrected chi connectivity index (χ2v) is 6.07. The van der Waals surface area contributed by atoms with Gasteiger partial charge in [0.25, 0.3) is 0 Å². The average Bonchev–Trinajstić information content (AvgIpc) is 2.68. The topological polar surface area (TPSA) is 59.6 Å². The largest absolute Gasteiger partial charge is 0.497 e. The number of methoxy groups -OCH3 is 1. The van der Waals surface area contributed by atoms with Crippen LogP contribution >= 0.6 is 0 Å². The summed E-state index contributed by atoms with van der Waals surface area (Å²) in [5.41, 5.74) is 1.59. The Morgan fingerprint density at radius 1 is 0.962 bits per heavy atom.